The van der Waals surface area contributed by atoms with E-state index in [2.05, 4.69) is 28.9 Å². The van der Waals surface area contributed by atoms with Crippen LogP contribution in [0.3, 0.4) is 0 Å². The van der Waals surface area contributed by atoms with Crippen molar-refractivity contribution in [1.82, 2.24) is 4.57 Å². The third kappa shape index (κ3) is 4.80. The summed E-state index contributed by atoms with van der Waals surface area (Å²) in [6.07, 6.45) is 1.85. The molecular weight excluding hydrogens is 446 g/mol. The van der Waals surface area contributed by atoms with Gasteiger partial charge in [0.1, 0.15) is 0 Å². The standard InChI is InChI=1S/C27H31N3O3S/c1-5-29-24-10-7-6-9-22(24)23-18-21(14-15-25(23)29)28-27(31)11-8-16-30(34(4,32)33)26-17-19(2)12-13-20(26)3/h6-7,9-10,12-15,17-18H,5,8,11,16H2,1-4H3,(H,28,31). The van der Waals surface area contributed by atoms with Gasteiger partial charge in [0, 0.05) is 47.0 Å². The number of nitrogens with zero attached hydrogens (tertiary/aromatic N) is 2. The zero-order valence-corrected chi connectivity index (χ0v) is 20.9. The van der Waals surface area contributed by atoms with Gasteiger partial charge in [-0.2, -0.15) is 0 Å². The summed E-state index contributed by atoms with van der Waals surface area (Å²) in [5, 5.41) is 5.25. The number of benzene rings is 3. The molecule has 0 aliphatic rings. The molecule has 0 unspecified atom stereocenters. The molecule has 0 aliphatic heterocycles. The molecule has 1 amide bonds. The highest BCUT2D eigenvalue weighted by molar-refractivity contribution is 7.92. The number of nitrogens with one attached hydrogen (secondary N) is 1. The van der Waals surface area contributed by atoms with Crippen LogP contribution in [0.15, 0.2) is 60.7 Å². The second-order valence-electron chi connectivity index (χ2n) is 8.77. The molecule has 0 spiro atoms. The SMILES string of the molecule is CCn1c2ccccc2c2cc(NC(=O)CCCN(c3cc(C)ccc3C)S(C)(=O)=O)ccc21. The molecule has 0 atom stereocenters. The van der Waals surface area contributed by atoms with Crippen LogP contribution in [0.1, 0.15) is 30.9 Å². The molecule has 0 fully saturated rings. The average Bonchev–Trinajstić information content (AvgIpc) is 3.11. The molecule has 0 aliphatic carbocycles. The molecule has 4 rings (SSSR count). The molecule has 6 nitrogen and oxygen atoms in total. The van der Waals surface area contributed by atoms with Gasteiger partial charge in [-0.25, -0.2) is 8.42 Å². The van der Waals surface area contributed by atoms with Crippen LogP contribution in [0.2, 0.25) is 0 Å². The van der Waals surface area contributed by atoms with Gasteiger partial charge in [-0.3, -0.25) is 9.10 Å². The Morgan fingerprint density at radius 1 is 0.971 bits per heavy atom. The Kier molecular flexibility index (Phi) is 6.66. The summed E-state index contributed by atoms with van der Waals surface area (Å²) in [4.78, 5) is 12.7. The maximum Gasteiger partial charge on any atom is 0.232 e. The zero-order chi connectivity index (χ0) is 24.5. The minimum Gasteiger partial charge on any atom is -0.341 e. The number of anilines is 2. The van der Waals surface area contributed by atoms with Crippen molar-refractivity contribution in [2.75, 3.05) is 22.4 Å². The van der Waals surface area contributed by atoms with Crippen LogP contribution in [0.5, 0.6) is 0 Å². The van der Waals surface area contributed by atoms with E-state index in [-0.39, 0.29) is 18.9 Å². The molecule has 0 radical (unpaired) electrons. The summed E-state index contributed by atoms with van der Waals surface area (Å²) in [6.45, 7) is 7.07. The number of para-hydroxylation sites is 1. The first-order valence-corrected chi connectivity index (χ1v) is 13.4. The Labute approximate surface area is 201 Å². The number of fused-ring (bicyclic) bond motifs is 3. The summed E-state index contributed by atoms with van der Waals surface area (Å²) >= 11 is 0. The Balaban J connectivity index is 1.47. The lowest BCUT2D eigenvalue weighted by molar-refractivity contribution is -0.116. The van der Waals surface area contributed by atoms with E-state index >= 15 is 0 Å². The van der Waals surface area contributed by atoms with Gasteiger partial charge in [0.2, 0.25) is 15.9 Å². The lowest BCUT2D eigenvalue weighted by Crippen LogP contribution is -2.32. The fourth-order valence-corrected chi connectivity index (χ4v) is 5.55. The van der Waals surface area contributed by atoms with Gasteiger partial charge < -0.3 is 9.88 Å². The maximum absolute atomic E-state index is 12.7. The summed E-state index contributed by atoms with van der Waals surface area (Å²) in [5.41, 5.74) is 5.60. The fourth-order valence-electron chi connectivity index (χ4n) is 4.53. The molecule has 0 saturated heterocycles. The van der Waals surface area contributed by atoms with Crippen LogP contribution >= 0.6 is 0 Å². The molecule has 7 heteroatoms. The van der Waals surface area contributed by atoms with Gasteiger partial charge in [-0.15, -0.1) is 0 Å². The highest BCUT2D eigenvalue weighted by atomic mass is 32.2. The van der Waals surface area contributed by atoms with Crippen molar-refractivity contribution in [2.24, 2.45) is 0 Å². The molecule has 0 saturated carbocycles. The summed E-state index contributed by atoms with van der Waals surface area (Å²) in [6, 6.07) is 20.0. The maximum atomic E-state index is 12.7. The predicted molar refractivity (Wildman–Crippen MR) is 141 cm³/mol. The Hall–Kier alpha value is -3.32. The van der Waals surface area contributed by atoms with E-state index in [1.165, 1.54) is 16.1 Å². The van der Waals surface area contributed by atoms with Crippen molar-refractivity contribution in [3.63, 3.8) is 0 Å². The number of carbonyl (C=O) groups excluding carboxylic acids is 1. The van der Waals surface area contributed by atoms with E-state index in [0.717, 1.165) is 39.6 Å². The Morgan fingerprint density at radius 2 is 1.71 bits per heavy atom. The van der Waals surface area contributed by atoms with Crippen LogP contribution in [0.25, 0.3) is 21.8 Å². The number of carbonyl (C=O) groups is 1. The summed E-state index contributed by atoms with van der Waals surface area (Å²) in [7, 11) is -3.46. The van der Waals surface area contributed by atoms with Gasteiger partial charge in [0.15, 0.2) is 0 Å². The van der Waals surface area contributed by atoms with Crippen molar-refractivity contribution < 1.29 is 13.2 Å². The third-order valence-electron chi connectivity index (χ3n) is 6.17. The van der Waals surface area contributed by atoms with Crippen molar-refractivity contribution in [2.45, 2.75) is 40.2 Å². The van der Waals surface area contributed by atoms with Crippen LogP contribution in [-0.2, 0) is 21.4 Å². The first-order valence-electron chi connectivity index (χ1n) is 11.5. The van der Waals surface area contributed by atoms with E-state index in [1.807, 2.05) is 62.4 Å². The van der Waals surface area contributed by atoms with Gasteiger partial charge >= 0.3 is 0 Å². The van der Waals surface area contributed by atoms with E-state index < -0.39 is 10.0 Å². The third-order valence-corrected chi connectivity index (χ3v) is 7.35. The second-order valence-corrected chi connectivity index (χ2v) is 10.7. The number of sulfonamides is 1. The molecule has 178 valence electrons. The van der Waals surface area contributed by atoms with E-state index in [1.54, 1.807) is 0 Å². The monoisotopic (exact) mass is 477 g/mol. The second kappa shape index (κ2) is 9.50. The van der Waals surface area contributed by atoms with Crippen molar-refractivity contribution >= 4 is 49.1 Å². The number of hydrogen-bond acceptors (Lipinski definition) is 3. The fraction of sp³-hybridized carbons (Fsp3) is 0.296. The molecule has 1 heterocycles. The van der Waals surface area contributed by atoms with Crippen molar-refractivity contribution in [3.05, 3.63) is 71.8 Å². The number of hydrogen-bond donors (Lipinski definition) is 1. The largest absolute Gasteiger partial charge is 0.341 e. The molecule has 3 aromatic carbocycles. The number of aromatic nitrogens is 1. The van der Waals surface area contributed by atoms with E-state index in [0.29, 0.717) is 12.1 Å². The van der Waals surface area contributed by atoms with Gasteiger partial charge in [-0.05, 0) is 68.7 Å². The first-order chi connectivity index (χ1) is 16.2. The van der Waals surface area contributed by atoms with Gasteiger partial charge in [0.05, 0.1) is 11.9 Å². The van der Waals surface area contributed by atoms with Crippen LogP contribution in [-0.4, -0.2) is 31.7 Å². The smallest absolute Gasteiger partial charge is 0.232 e. The van der Waals surface area contributed by atoms with E-state index in [4.69, 9.17) is 0 Å². The van der Waals surface area contributed by atoms with Crippen LogP contribution in [0, 0.1) is 13.8 Å². The highest BCUT2D eigenvalue weighted by Crippen LogP contribution is 2.31. The quantitative estimate of drug-likeness (QED) is 0.358. The minimum atomic E-state index is -3.46. The van der Waals surface area contributed by atoms with Gasteiger partial charge in [0.25, 0.3) is 0 Å². The molecule has 1 aromatic heterocycles. The number of amides is 1. The normalized spacial score (nSPS) is 11.8. The highest BCUT2D eigenvalue weighted by Gasteiger charge is 2.19. The topological polar surface area (TPSA) is 71.4 Å². The molecular formula is C27H31N3O3S. The summed E-state index contributed by atoms with van der Waals surface area (Å²) < 4.78 is 28.6. The van der Waals surface area contributed by atoms with Crippen LogP contribution in [0.4, 0.5) is 11.4 Å². The Bertz CT molecular complexity index is 1470. The van der Waals surface area contributed by atoms with Crippen molar-refractivity contribution in [1.29, 1.82) is 0 Å². The Morgan fingerprint density at radius 3 is 2.44 bits per heavy atom. The van der Waals surface area contributed by atoms with Crippen LogP contribution < -0.4 is 9.62 Å². The molecule has 0 bridgehead atoms. The number of aryl methyl sites for hydroxylation is 3. The predicted octanol–water partition coefficient (Wildman–Crippen LogP) is 5.62. The lowest BCUT2D eigenvalue weighted by Gasteiger charge is -2.24. The van der Waals surface area contributed by atoms with Gasteiger partial charge in [-0.1, -0.05) is 30.3 Å². The molecule has 34 heavy (non-hydrogen) atoms. The first kappa shape index (κ1) is 23.8. The van der Waals surface area contributed by atoms with E-state index in [9.17, 15) is 13.2 Å². The average molecular weight is 478 g/mol. The molecule has 4 aromatic rings. The van der Waals surface area contributed by atoms with Crippen molar-refractivity contribution in [3.8, 4) is 0 Å². The number of rotatable bonds is 8. The lowest BCUT2D eigenvalue weighted by atomic mass is 10.1. The minimum absolute atomic E-state index is 0.131. The molecule has 1 N–H and O–H groups in total. The zero-order valence-electron chi connectivity index (χ0n) is 20.1. The summed E-state index contributed by atoms with van der Waals surface area (Å²) in [5.74, 6) is -0.131.